The molecule has 100 valence electrons. The lowest BCUT2D eigenvalue weighted by Crippen LogP contribution is -2.54. The topological polar surface area (TPSA) is 63.3 Å². The Labute approximate surface area is 117 Å². The summed E-state index contributed by atoms with van der Waals surface area (Å²) in [6.07, 6.45) is 0.721. The predicted octanol–water partition coefficient (Wildman–Crippen LogP) is 3.31. The van der Waals surface area contributed by atoms with Gasteiger partial charge in [0.05, 0.1) is 6.42 Å². The smallest absolute Gasteiger partial charge is 0.304 e. The highest BCUT2D eigenvalue weighted by Crippen LogP contribution is 2.40. The fraction of sp³-hybridized carbons (Fsp3) is 0.500. The van der Waals surface area contributed by atoms with E-state index in [4.69, 9.17) is 5.73 Å². The fourth-order valence-electron chi connectivity index (χ4n) is 2.51. The minimum atomic E-state index is -0.821. The SMILES string of the molecule is CCC(CC(=O)O)(c1ccc(Br)cc1)C(C)(C)N. The van der Waals surface area contributed by atoms with Crippen LogP contribution in [0.5, 0.6) is 0 Å². The minimum Gasteiger partial charge on any atom is -0.481 e. The molecule has 0 radical (unpaired) electrons. The van der Waals surface area contributed by atoms with Crippen molar-refractivity contribution in [2.45, 2.75) is 44.6 Å². The van der Waals surface area contributed by atoms with Crippen LogP contribution >= 0.6 is 15.9 Å². The van der Waals surface area contributed by atoms with Gasteiger partial charge in [-0.15, -0.1) is 0 Å². The lowest BCUT2D eigenvalue weighted by molar-refractivity contribution is -0.139. The summed E-state index contributed by atoms with van der Waals surface area (Å²) >= 11 is 3.39. The van der Waals surface area contributed by atoms with Crippen molar-refractivity contribution >= 4 is 21.9 Å². The van der Waals surface area contributed by atoms with Gasteiger partial charge in [0, 0.05) is 15.4 Å². The van der Waals surface area contributed by atoms with Crippen LogP contribution in [0.15, 0.2) is 28.7 Å². The standard InChI is InChI=1S/C14H20BrNO2/c1-4-14(9-12(17)18,13(2,3)16)10-5-7-11(15)8-6-10/h5-8H,4,9,16H2,1-3H3,(H,17,18). The van der Waals surface area contributed by atoms with Gasteiger partial charge in [-0.1, -0.05) is 35.0 Å². The molecular formula is C14H20BrNO2. The zero-order valence-electron chi connectivity index (χ0n) is 11.0. The van der Waals surface area contributed by atoms with Gasteiger partial charge in [-0.2, -0.15) is 0 Å². The summed E-state index contributed by atoms with van der Waals surface area (Å²) in [5.41, 5.74) is 6.08. The Kier molecular flexibility index (Phi) is 4.56. The predicted molar refractivity (Wildman–Crippen MR) is 76.6 cm³/mol. The first-order valence-corrected chi connectivity index (χ1v) is 6.79. The molecule has 0 saturated heterocycles. The maximum absolute atomic E-state index is 11.2. The third kappa shape index (κ3) is 2.93. The summed E-state index contributed by atoms with van der Waals surface area (Å²) in [6, 6.07) is 7.75. The summed E-state index contributed by atoms with van der Waals surface area (Å²) in [5.74, 6) is -0.821. The fourth-order valence-corrected chi connectivity index (χ4v) is 2.78. The van der Waals surface area contributed by atoms with Gasteiger partial charge in [0.2, 0.25) is 0 Å². The number of aliphatic carboxylic acids is 1. The maximum atomic E-state index is 11.2. The van der Waals surface area contributed by atoms with Gasteiger partial charge in [-0.05, 0) is 38.0 Å². The van der Waals surface area contributed by atoms with Gasteiger partial charge >= 0.3 is 5.97 Å². The molecule has 1 unspecified atom stereocenters. The van der Waals surface area contributed by atoms with E-state index in [1.54, 1.807) is 0 Å². The first-order chi connectivity index (χ1) is 8.23. The summed E-state index contributed by atoms with van der Waals surface area (Å²) in [7, 11) is 0. The van der Waals surface area contributed by atoms with Crippen molar-refractivity contribution in [2.75, 3.05) is 0 Å². The molecule has 1 atom stereocenters. The van der Waals surface area contributed by atoms with Crippen LogP contribution in [0.25, 0.3) is 0 Å². The molecule has 1 aromatic carbocycles. The lowest BCUT2D eigenvalue weighted by atomic mass is 9.63. The van der Waals surface area contributed by atoms with E-state index >= 15 is 0 Å². The van der Waals surface area contributed by atoms with Crippen molar-refractivity contribution in [3.8, 4) is 0 Å². The van der Waals surface area contributed by atoms with Crippen molar-refractivity contribution in [1.29, 1.82) is 0 Å². The van der Waals surface area contributed by atoms with Crippen molar-refractivity contribution in [1.82, 2.24) is 0 Å². The molecule has 0 aliphatic carbocycles. The molecule has 0 aliphatic heterocycles. The van der Waals surface area contributed by atoms with Crippen LogP contribution in [-0.2, 0) is 10.2 Å². The number of benzene rings is 1. The molecule has 3 nitrogen and oxygen atoms in total. The average molecular weight is 314 g/mol. The van der Waals surface area contributed by atoms with Gasteiger partial charge in [-0.25, -0.2) is 0 Å². The number of carboxylic acid groups (broad SMARTS) is 1. The lowest BCUT2D eigenvalue weighted by Gasteiger charge is -2.44. The van der Waals surface area contributed by atoms with Crippen molar-refractivity contribution in [3.63, 3.8) is 0 Å². The number of halogens is 1. The number of hydrogen-bond donors (Lipinski definition) is 2. The van der Waals surface area contributed by atoms with Gasteiger partial charge in [0.25, 0.3) is 0 Å². The van der Waals surface area contributed by atoms with E-state index in [1.807, 2.05) is 45.0 Å². The second-order valence-electron chi connectivity index (χ2n) is 5.23. The molecule has 18 heavy (non-hydrogen) atoms. The van der Waals surface area contributed by atoms with Crippen LogP contribution in [0.2, 0.25) is 0 Å². The molecule has 0 aromatic heterocycles. The number of carboxylic acids is 1. The van der Waals surface area contributed by atoms with Crippen LogP contribution in [-0.4, -0.2) is 16.6 Å². The monoisotopic (exact) mass is 313 g/mol. The molecule has 4 heteroatoms. The second kappa shape index (κ2) is 5.41. The Morgan fingerprint density at radius 1 is 1.33 bits per heavy atom. The normalized spacial score (nSPS) is 15.2. The molecule has 0 spiro atoms. The zero-order chi connectivity index (χ0) is 14.0. The van der Waals surface area contributed by atoms with Crippen molar-refractivity contribution < 1.29 is 9.90 Å². The van der Waals surface area contributed by atoms with Crippen molar-refractivity contribution in [2.24, 2.45) is 5.73 Å². The molecule has 0 aliphatic rings. The molecule has 3 N–H and O–H groups in total. The second-order valence-corrected chi connectivity index (χ2v) is 6.15. The summed E-state index contributed by atoms with van der Waals surface area (Å²) < 4.78 is 0.974. The summed E-state index contributed by atoms with van der Waals surface area (Å²) in [6.45, 7) is 5.77. The first-order valence-electron chi connectivity index (χ1n) is 5.99. The van der Waals surface area contributed by atoms with Crippen molar-refractivity contribution in [3.05, 3.63) is 34.3 Å². The average Bonchev–Trinajstić information content (AvgIpc) is 2.25. The molecule has 0 amide bonds. The molecule has 1 aromatic rings. The van der Waals surface area contributed by atoms with Gasteiger partial charge in [-0.3, -0.25) is 4.79 Å². The summed E-state index contributed by atoms with van der Waals surface area (Å²) in [5, 5.41) is 9.19. The van der Waals surface area contributed by atoms with E-state index in [9.17, 15) is 9.90 Å². The largest absolute Gasteiger partial charge is 0.481 e. The molecule has 1 rings (SSSR count). The third-order valence-corrected chi connectivity index (χ3v) is 4.22. The molecule has 0 heterocycles. The molecule has 0 fully saturated rings. The van der Waals surface area contributed by atoms with Crippen LogP contribution in [0.4, 0.5) is 0 Å². The molecule has 0 saturated carbocycles. The molecular weight excluding hydrogens is 294 g/mol. The highest BCUT2D eigenvalue weighted by molar-refractivity contribution is 9.10. The van der Waals surface area contributed by atoms with Crippen LogP contribution in [0.1, 0.15) is 39.2 Å². The number of rotatable bonds is 5. The van der Waals surface area contributed by atoms with Gasteiger partial charge < -0.3 is 10.8 Å². The van der Waals surface area contributed by atoms with E-state index in [0.717, 1.165) is 10.0 Å². The van der Waals surface area contributed by atoms with E-state index in [2.05, 4.69) is 15.9 Å². The Bertz CT molecular complexity index is 422. The van der Waals surface area contributed by atoms with E-state index in [-0.39, 0.29) is 6.42 Å². The quantitative estimate of drug-likeness (QED) is 0.876. The molecule has 0 bridgehead atoms. The summed E-state index contributed by atoms with van der Waals surface area (Å²) in [4.78, 5) is 11.2. The van der Waals surface area contributed by atoms with E-state index < -0.39 is 16.9 Å². The Morgan fingerprint density at radius 2 is 1.83 bits per heavy atom. The van der Waals surface area contributed by atoms with E-state index in [0.29, 0.717) is 6.42 Å². The van der Waals surface area contributed by atoms with Crippen LogP contribution in [0, 0.1) is 0 Å². The Balaban J connectivity index is 3.34. The van der Waals surface area contributed by atoms with Gasteiger partial charge in [0.1, 0.15) is 0 Å². The Morgan fingerprint density at radius 3 is 2.17 bits per heavy atom. The van der Waals surface area contributed by atoms with Crippen LogP contribution < -0.4 is 5.73 Å². The highest BCUT2D eigenvalue weighted by atomic mass is 79.9. The number of nitrogens with two attached hydrogens (primary N) is 1. The Hall–Kier alpha value is -0.870. The third-order valence-electron chi connectivity index (χ3n) is 3.69. The highest BCUT2D eigenvalue weighted by Gasteiger charge is 2.44. The zero-order valence-corrected chi connectivity index (χ0v) is 12.6. The van der Waals surface area contributed by atoms with Gasteiger partial charge in [0.15, 0.2) is 0 Å². The number of hydrogen-bond acceptors (Lipinski definition) is 2. The maximum Gasteiger partial charge on any atom is 0.304 e. The first kappa shape index (κ1) is 15.2. The van der Waals surface area contributed by atoms with Crippen LogP contribution in [0.3, 0.4) is 0 Å². The minimum absolute atomic E-state index is 0.0363. The number of carbonyl (C=O) groups is 1. The van der Waals surface area contributed by atoms with E-state index in [1.165, 1.54) is 0 Å².